The maximum Gasteiger partial charge on any atom is 0.226 e. The zero-order valence-electron chi connectivity index (χ0n) is 13.8. The summed E-state index contributed by atoms with van der Waals surface area (Å²) >= 11 is 1.42. The number of hydrogen-bond donors (Lipinski definition) is 1. The second-order valence-electron chi connectivity index (χ2n) is 5.42. The van der Waals surface area contributed by atoms with Gasteiger partial charge in [-0.1, -0.05) is 37.2 Å². The number of benzene rings is 1. The van der Waals surface area contributed by atoms with Crippen LogP contribution in [0.3, 0.4) is 0 Å². The van der Waals surface area contributed by atoms with Crippen molar-refractivity contribution in [3.05, 3.63) is 35.1 Å². The lowest BCUT2D eigenvalue weighted by molar-refractivity contribution is -0.116. The lowest BCUT2D eigenvalue weighted by atomic mass is 10.2. The number of nitrogens with zero attached hydrogens (tertiary/aromatic N) is 2. The summed E-state index contributed by atoms with van der Waals surface area (Å²) in [5.41, 5.74) is 0. The van der Waals surface area contributed by atoms with Crippen LogP contribution in [0.4, 0.5) is 9.52 Å². The molecule has 0 aliphatic rings. The molecule has 0 fully saturated rings. The van der Waals surface area contributed by atoms with Crippen LogP contribution in [-0.4, -0.2) is 22.7 Å². The van der Waals surface area contributed by atoms with Gasteiger partial charge in [0.15, 0.2) is 0 Å². The van der Waals surface area contributed by atoms with E-state index in [4.69, 9.17) is 4.74 Å². The summed E-state index contributed by atoms with van der Waals surface area (Å²) in [6.45, 7) is 2.51. The molecule has 0 aliphatic carbocycles. The highest BCUT2D eigenvalue weighted by atomic mass is 32.1. The van der Waals surface area contributed by atoms with Crippen LogP contribution in [-0.2, 0) is 11.2 Å². The van der Waals surface area contributed by atoms with Crippen LogP contribution in [0.1, 0.15) is 44.0 Å². The van der Waals surface area contributed by atoms with Gasteiger partial charge in [-0.3, -0.25) is 4.79 Å². The second-order valence-corrected chi connectivity index (χ2v) is 6.48. The van der Waals surface area contributed by atoms with E-state index in [-0.39, 0.29) is 11.7 Å². The van der Waals surface area contributed by atoms with Crippen molar-refractivity contribution in [2.24, 2.45) is 0 Å². The Morgan fingerprint density at radius 2 is 2.17 bits per heavy atom. The van der Waals surface area contributed by atoms with E-state index in [0.29, 0.717) is 30.3 Å². The Hall–Kier alpha value is -2.02. The van der Waals surface area contributed by atoms with E-state index in [9.17, 15) is 9.18 Å². The Kier molecular flexibility index (Phi) is 7.61. The van der Waals surface area contributed by atoms with Gasteiger partial charge in [-0.15, -0.1) is 10.2 Å². The van der Waals surface area contributed by atoms with Crippen molar-refractivity contribution in [1.29, 1.82) is 0 Å². The van der Waals surface area contributed by atoms with Crippen LogP contribution in [0.25, 0.3) is 0 Å². The van der Waals surface area contributed by atoms with E-state index < -0.39 is 0 Å². The Bertz CT molecular complexity index is 648. The van der Waals surface area contributed by atoms with E-state index in [1.807, 2.05) is 0 Å². The summed E-state index contributed by atoms with van der Waals surface area (Å²) in [6, 6.07) is 5.95. The Balaban J connectivity index is 1.64. The van der Waals surface area contributed by atoms with Gasteiger partial charge in [0, 0.05) is 18.9 Å². The summed E-state index contributed by atoms with van der Waals surface area (Å²) < 4.78 is 18.4. The van der Waals surface area contributed by atoms with Gasteiger partial charge < -0.3 is 10.1 Å². The monoisotopic (exact) mass is 351 g/mol. The molecule has 1 N–H and O–H groups in total. The summed E-state index contributed by atoms with van der Waals surface area (Å²) in [5, 5.41) is 12.3. The SMILES string of the molecule is CCCCCc1nnc(NC(=O)CCCOc2cccc(F)c2)s1. The normalized spacial score (nSPS) is 10.6. The maximum absolute atomic E-state index is 13.0. The largest absolute Gasteiger partial charge is 0.493 e. The van der Waals surface area contributed by atoms with Crippen LogP contribution in [0.15, 0.2) is 24.3 Å². The molecule has 5 nitrogen and oxygen atoms in total. The van der Waals surface area contributed by atoms with Gasteiger partial charge in [0.2, 0.25) is 11.0 Å². The zero-order valence-corrected chi connectivity index (χ0v) is 14.6. The Morgan fingerprint density at radius 1 is 1.29 bits per heavy atom. The molecule has 0 atom stereocenters. The molecule has 1 heterocycles. The number of nitrogens with one attached hydrogen (secondary N) is 1. The predicted molar refractivity (Wildman–Crippen MR) is 92.9 cm³/mol. The van der Waals surface area contributed by atoms with Crippen molar-refractivity contribution >= 4 is 22.4 Å². The Morgan fingerprint density at radius 3 is 2.96 bits per heavy atom. The molecule has 1 amide bonds. The van der Waals surface area contributed by atoms with E-state index in [2.05, 4.69) is 22.4 Å². The maximum atomic E-state index is 13.0. The number of halogens is 1. The highest BCUT2D eigenvalue weighted by Crippen LogP contribution is 2.18. The van der Waals surface area contributed by atoms with Crippen LogP contribution < -0.4 is 10.1 Å². The molecule has 2 rings (SSSR count). The van der Waals surface area contributed by atoms with Gasteiger partial charge in [0.05, 0.1) is 6.61 Å². The van der Waals surface area contributed by atoms with Crippen molar-refractivity contribution in [2.45, 2.75) is 45.4 Å². The third-order valence-electron chi connectivity index (χ3n) is 3.32. The van der Waals surface area contributed by atoms with Gasteiger partial charge in [-0.25, -0.2) is 4.39 Å². The summed E-state index contributed by atoms with van der Waals surface area (Å²) in [7, 11) is 0. The molecule has 0 radical (unpaired) electrons. The molecule has 130 valence electrons. The van der Waals surface area contributed by atoms with Gasteiger partial charge >= 0.3 is 0 Å². The molecule has 7 heteroatoms. The molecule has 0 unspecified atom stereocenters. The fraction of sp³-hybridized carbons (Fsp3) is 0.471. The van der Waals surface area contributed by atoms with Gasteiger partial charge in [-0.2, -0.15) is 0 Å². The fourth-order valence-corrected chi connectivity index (χ4v) is 2.89. The van der Waals surface area contributed by atoms with Crippen LogP contribution in [0.5, 0.6) is 5.75 Å². The molecule has 24 heavy (non-hydrogen) atoms. The summed E-state index contributed by atoms with van der Waals surface area (Å²) in [6.07, 6.45) is 5.20. The van der Waals surface area contributed by atoms with E-state index >= 15 is 0 Å². The number of rotatable bonds is 10. The number of ether oxygens (including phenoxy) is 1. The average molecular weight is 351 g/mol. The van der Waals surface area contributed by atoms with Crippen molar-refractivity contribution in [2.75, 3.05) is 11.9 Å². The first-order chi connectivity index (χ1) is 11.7. The predicted octanol–water partition coefficient (Wildman–Crippen LogP) is 4.21. The molecule has 1 aromatic carbocycles. The minimum atomic E-state index is -0.337. The summed E-state index contributed by atoms with van der Waals surface area (Å²) in [5.74, 6) is 0.0154. The average Bonchev–Trinajstić information content (AvgIpc) is 2.99. The number of carbonyl (C=O) groups excluding carboxylic acids is 1. The molecule has 0 saturated heterocycles. The van der Waals surface area contributed by atoms with Crippen molar-refractivity contribution in [3.8, 4) is 5.75 Å². The Labute approximate surface area is 145 Å². The standard InChI is InChI=1S/C17H22FN3O2S/c1-2-3-4-10-16-20-21-17(24-16)19-15(22)9-6-11-23-14-8-5-7-13(18)12-14/h5,7-8,12H,2-4,6,9-11H2,1H3,(H,19,21,22). The minimum Gasteiger partial charge on any atom is -0.493 e. The van der Waals surface area contributed by atoms with E-state index in [1.54, 1.807) is 12.1 Å². The molecular formula is C17H22FN3O2S. The highest BCUT2D eigenvalue weighted by Gasteiger charge is 2.08. The van der Waals surface area contributed by atoms with E-state index in [0.717, 1.165) is 17.8 Å². The lowest BCUT2D eigenvalue weighted by Gasteiger charge is -2.05. The van der Waals surface area contributed by atoms with Gasteiger partial charge in [-0.05, 0) is 25.0 Å². The molecule has 0 aliphatic heterocycles. The van der Waals surface area contributed by atoms with Crippen molar-refractivity contribution in [1.82, 2.24) is 10.2 Å². The fourth-order valence-electron chi connectivity index (χ4n) is 2.09. The van der Waals surface area contributed by atoms with Gasteiger partial charge in [0.1, 0.15) is 16.6 Å². The smallest absolute Gasteiger partial charge is 0.226 e. The van der Waals surface area contributed by atoms with Crippen molar-refractivity contribution in [3.63, 3.8) is 0 Å². The number of aryl methyl sites for hydroxylation is 1. The molecule has 1 aromatic heterocycles. The number of hydrogen-bond acceptors (Lipinski definition) is 5. The number of unbranched alkanes of at least 4 members (excludes halogenated alkanes) is 2. The topological polar surface area (TPSA) is 64.1 Å². The van der Waals surface area contributed by atoms with Crippen LogP contribution in [0, 0.1) is 5.82 Å². The number of anilines is 1. The molecule has 0 saturated carbocycles. The number of carbonyl (C=O) groups is 1. The first kappa shape index (κ1) is 18.3. The molecule has 0 spiro atoms. The quantitative estimate of drug-likeness (QED) is 0.651. The molecule has 2 aromatic rings. The van der Waals surface area contributed by atoms with Crippen molar-refractivity contribution < 1.29 is 13.9 Å². The number of aromatic nitrogens is 2. The first-order valence-electron chi connectivity index (χ1n) is 8.18. The summed E-state index contributed by atoms with van der Waals surface area (Å²) in [4.78, 5) is 11.9. The third-order valence-corrected chi connectivity index (χ3v) is 4.22. The zero-order chi connectivity index (χ0) is 17.2. The van der Waals surface area contributed by atoms with Crippen LogP contribution >= 0.6 is 11.3 Å². The third kappa shape index (κ3) is 6.62. The first-order valence-corrected chi connectivity index (χ1v) is 8.99. The molecular weight excluding hydrogens is 329 g/mol. The lowest BCUT2D eigenvalue weighted by Crippen LogP contribution is -2.12. The minimum absolute atomic E-state index is 0.117. The number of amides is 1. The highest BCUT2D eigenvalue weighted by molar-refractivity contribution is 7.15. The van der Waals surface area contributed by atoms with Crippen LogP contribution in [0.2, 0.25) is 0 Å². The second kappa shape index (κ2) is 9.97. The van der Waals surface area contributed by atoms with E-state index in [1.165, 1.54) is 36.3 Å². The van der Waals surface area contributed by atoms with Gasteiger partial charge in [0.25, 0.3) is 0 Å². The molecule has 0 bridgehead atoms.